The Labute approximate surface area is 94.2 Å². The number of methoxy groups -OCH3 is 1. The summed E-state index contributed by atoms with van der Waals surface area (Å²) in [6, 6.07) is 11.6. The molecule has 3 nitrogen and oxygen atoms in total. The molecule has 84 valence electrons. The number of hydrogen-bond acceptors (Lipinski definition) is 3. The summed E-state index contributed by atoms with van der Waals surface area (Å²) in [4.78, 5) is 0. The van der Waals surface area contributed by atoms with Crippen molar-refractivity contribution in [2.45, 2.75) is 6.61 Å². The Bertz CT molecular complexity index is 480. The number of hydrogen-bond donors (Lipinski definition) is 1. The normalized spacial score (nSPS) is 10.6. The zero-order valence-corrected chi connectivity index (χ0v) is 9.14. The van der Waals surface area contributed by atoms with Crippen LogP contribution < -0.4 is 4.74 Å². The zero-order valence-electron chi connectivity index (χ0n) is 9.14. The molecule has 3 heteroatoms. The number of aliphatic hydroxyl groups is 1. The van der Waals surface area contributed by atoms with Gasteiger partial charge in [-0.25, -0.2) is 0 Å². The molecular formula is C13H14O3. The van der Waals surface area contributed by atoms with E-state index in [0.29, 0.717) is 0 Å². The van der Waals surface area contributed by atoms with Gasteiger partial charge in [-0.1, -0.05) is 30.3 Å². The second-order valence-corrected chi connectivity index (χ2v) is 3.48. The highest BCUT2D eigenvalue weighted by Gasteiger charge is 2.04. The Morgan fingerprint density at radius 2 is 1.81 bits per heavy atom. The summed E-state index contributed by atoms with van der Waals surface area (Å²) >= 11 is 0. The minimum Gasteiger partial charge on any atom is -0.467 e. The summed E-state index contributed by atoms with van der Waals surface area (Å²) < 4.78 is 10.3. The monoisotopic (exact) mass is 218 g/mol. The van der Waals surface area contributed by atoms with Crippen molar-refractivity contribution < 1.29 is 14.6 Å². The van der Waals surface area contributed by atoms with E-state index in [1.54, 1.807) is 7.11 Å². The molecule has 0 atom stereocenters. The molecule has 0 saturated heterocycles. The maximum absolute atomic E-state index is 9.24. The summed E-state index contributed by atoms with van der Waals surface area (Å²) in [5.74, 6) is 0.773. The minimum atomic E-state index is 0.0328. The third kappa shape index (κ3) is 2.01. The first-order valence-electron chi connectivity index (χ1n) is 5.10. The third-order valence-corrected chi connectivity index (χ3v) is 2.47. The second-order valence-electron chi connectivity index (χ2n) is 3.48. The Balaban J connectivity index is 2.51. The SMILES string of the molecule is COCOc1cccc2c(CO)cccc12. The minimum absolute atomic E-state index is 0.0328. The van der Waals surface area contributed by atoms with Crippen LogP contribution in [0.2, 0.25) is 0 Å². The van der Waals surface area contributed by atoms with Crippen molar-refractivity contribution in [2.75, 3.05) is 13.9 Å². The lowest BCUT2D eigenvalue weighted by Gasteiger charge is -2.10. The highest BCUT2D eigenvalue weighted by atomic mass is 16.7. The fourth-order valence-electron chi connectivity index (χ4n) is 1.73. The molecule has 0 heterocycles. The first-order valence-corrected chi connectivity index (χ1v) is 5.10. The zero-order chi connectivity index (χ0) is 11.4. The third-order valence-electron chi connectivity index (χ3n) is 2.47. The molecule has 0 radical (unpaired) electrons. The van der Waals surface area contributed by atoms with Crippen molar-refractivity contribution in [1.82, 2.24) is 0 Å². The molecule has 0 aromatic heterocycles. The van der Waals surface area contributed by atoms with Gasteiger partial charge >= 0.3 is 0 Å². The van der Waals surface area contributed by atoms with Crippen molar-refractivity contribution in [3.8, 4) is 5.75 Å². The summed E-state index contributed by atoms with van der Waals surface area (Å²) in [5, 5.41) is 11.2. The predicted molar refractivity (Wildman–Crippen MR) is 62.4 cm³/mol. The van der Waals surface area contributed by atoms with E-state index in [4.69, 9.17) is 9.47 Å². The van der Waals surface area contributed by atoms with Crippen molar-refractivity contribution >= 4 is 10.8 Å². The number of rotatable bonds is 4. The molecule has 2 aromatic carbocycles. The van der Waals surface area contributed by atoms with Gasteiger partial charge in [-0.3, -0.25) is 0 Å². The van der Waals surface area contributed by atoms with Crippen LogP contribution in [0.3, 0.4) is 0 Å². The Hall–Kier alpha value is -1.58. The molecule has 16 heavy (non-hydrogen) atoms. The predicted octanol–water partition coefficient (Wildman–Crippen LogP) is 2.31. The highest BCUT2D eigenvalue weighted by Crippen LogP contribution is 2.27. The van der Waals surface area contributed by atoms with Crippen LogP contribution in [0, 0.1) is 0 Å². The van der Waals surface area contributed by atoms with Crippen LogP contribution in [-0.2, 0) is 11.3 Å². The molecule has 1 N–H and O–H groups in total. The molecule has 0 saturated carbocycles. The molecule has 2 rings (SSSR count). The lowest BCUT2D eigenvalue weighted by Crippen LogP contribution is -1.99. The van der Waals surface area contributed by atoms with E-state index in [2.05, 4.69) is 0 Å². The molecule has 0 unspecified atom stereocenters. The summed E-state index contributed by atoms with van der Waals surface area (Å²) in [6.45, 7) is 0.257. The second kappa shape index (κ2) is 4.96. The molecule has 0 amide bonds. The van der Waals surface area contributed by atoms with E-state index >= 15 is 0 Å². The van der Waals surface area contributed by atoms with E-state index in [9.17, 15) is 5.11 Å². The van der Waals surface area contributed by atoms with E-state index in [0.717, 1.165) is 22.1 Å². The van der Waals surface area contributed by atoms with Gasteiger partial charge in [0.1, 0.15) is 5.75 Å². The van der Waals surface area contributed by atoms with Gasteiger partial charge in [0.15, 0.2) is 6.79 Å². The molecule has 0 aliphatic heterocycles. The maximum atomic E-state index is 9.24. The topological polar surface area (TPSA) is 38.7 Å². The Morgan fingerprint density at radius 1 is 1.06 bits per heavy atom. The largest absolute Gasteiger partial charge is 0.467 e. The first kappa shape index (κ1) is 10.9. The van der Waals surface area contributed by atoms with Crippen LogP contribution in [0.25, 0.3) is 10.8 Å². The maximum Gasteiger partial charge on any atom is 0.188 e. The Kier molecular flexibility index (Phi) is 3.39. The first-order chi connectivity index (χ1) is 7.86. The van der Waals surface area contributed by atoms with Crippen molar-refractivity contribution in [1.29, 1.82) is 0 Å². The number of ether oxygens (including phenoxy) is 2. The lowest BCUT2D eigenvalue weighted by atomic mass is 10.0. The molecule has 0 bridgehead atoms. The van der Waals surface area contributed by atoms with E-state index in [1.807, 2.05) is 36.4 Å². The van der Waals surface area contributed by atoms with Gasteiger partial charge in [-0.05, 0) is 17.0 Å². The quantitative estimate of drug-likeness (QED) is 0.800. The van der Waals surface area contributed by atoms with Crippen LogP contribution in [0.4, 0.5) is 0 Å². The van der Waals surface area contributed by atoms with Crippen LogP contribution in [0.5, 0.6) is 5.75 Å². The fourth-order valence-corrected chi connectivity index (χ4v) is 1.73. The van der Waals surface area contributed by atoms with Gasteiger partial charge in [0.05, 0.1) is 6.61 Å². The number of fused-ring (bicyclic) bond motifs is 1. The average Bonchev–Trinajstić information content (AvgIpc) is 2.35. The van der Waals surface area contributed by atoms with Gasteiger partial charge in [0.25, 0.3) is 0 Å². The van der Waals surface area contributed by atoms with Gasteiger partial charge in [-0.2, -0.15) is 0 Å². The van der Waals surface area contributed by atoms with Crippen LogP contribution in [-0.4, -0.2) is 19.0 Å². The number of aliphatic hydroxyl groups excluding tert-OH is 1. The lowest BCUT2D eigenvalue weighted by molar-refractivity contribution is 0.0522. The summed E-state index contributed by atoms with van der Waals surface area (Å²) in [6.07, 6.45) is 0. The Morgan fingerprint density at radius 3 is 2.56 bits per heavy atom. The van der Waals surface area contributed by atoms with Crippen LogP contribution >= 0.6 is 0 Å². The molecule has 2 aromatic rings. The highest BCUT2D eigenvalue weighted by molar-refractivity contribution is 5.90. The molecule has 0 fully saturated rings. The van der Waals surface area contributed by atoms with E-state index < -0.39 is 0 Å². The molecule has 0 aliphatic rings. The van der Waals surface area contributed by atoms with Gasteiger partial charge in [0, 0.05) is 12.5 Å². The van der Waals surface area contributed by atoms with E-state index in [1.165, 1.54) is 0 Å². The average molecular weight is 218 g/mol. The molecule has 0 aliphatic carbocycles. The van der Waals surface area contributed by atoms with Crippen LogP contribution in [0.1, 0.15) is 5.56 Å². The summed E-state index contributed by atoms with van der Waals surface area (Å²) in [7, 11) is 1.59. The van der Waals surface area contributed by atoms with Crippen molar-refractivity contribution in [3.05, 3.63) is 42.0 Å². The van der Waals surface area contributed by atoms with Crippen molar-refractivity contribution in [3.63, 3.8) is 0 Å². The molecule has 0 spiro atoms. The summed E-state index contributed by atoms with van der Waals surface area (Å²) in [5.41, 5.74) is 0.903. The van der Waals surface area contributed by atoms with Gasteiger partial charge in [-0.15, -0.1) is 0 Å². The molecular weight excluding hydrogens is 204 g/mol. The van der Waals surface area contributed by atoms with Crippen molar-refractivity contribution in [2.24, 2.45) is 0 Å². The van der Waals surface area contributed by atoms with E-state index in [-0.39, 0.29) is 13.4 Å². The smallest absolute Gasteiger partial charge is 0.188 e. The standard InChI is InChI=1S/C13H14O3/c1-15-9-16-13-7-3-5-11-10(8-14)4-2-6-12(11)13/h2-7,14H,8-9H2,1H3. The van der Waals surface area contributed by atoms with Gasteiger partial charge < -0.3 is 14.6 Å². The van der Waals surface area contributed by atoms with Crippen LogP contribution in [0.15, 0.2) is 36.4 Å². The van der Waals surface area contributed by atoms with Gasteiger partial charge in [0.2, 0.25) is 0 Å². The fraction of sp³-hybridized carbons (Fsp3) is 0.231. The number of benzene rings is 2.